The summed E-state index contributed by atoms with van der Waals surface area (Å²) in [6.07, 6.45) is 1.99. The number of piperidine rings is 1. The molecular formula is C22H23N3O5. The van der Waals surface area contributed by atoms with Crippen LogP contribution in [0.3, 0.4) is 0 Å². The summed E-state index contributed by atoms with van der Waals surface area (Å²) in [6.45, 7) is 1.72. The zero-order valence-corrected chi connectivity index (χ0v) is 16.5. The van der Waals surface area contributed by atoms with Gasteiger partial charge in [-0.1, -0.05) is 17.9 Å². The van der Waals surface area contributed by atoms with Crippen molar-refractivity contribution in [3.63, 3.8) is 0 Å². The predicted octanol–water partition coefficient (Wildman–Crippen LogP) is 0.342. The van der Waals surface area contributed by atoms with E-state index in [9.17, 15) is 19.2 Å². The molecule has 3 aliphatic rings. The Bertz CT molecular complexity index is 955. The second-order valence-corrected chi connectivity index (χ2v) is 7.64. The van der Waals surface area contributed by atoms with E-state index < -0.39 is 11.9 Å². The van der Waals surface area contributed by atoms with E-state index in [2.05, 4.69) is 22.5 Å². The van der Waals surface area contributed by atoms with E-state index >= 15 is 0 Å². The van der Waals surface area contributed by atoms with E-state index in [0.717, 1.165) is 18.4 Å². The third-order valence-electron chi connectivity index (χ3n) is 5.75. The molecule has 156 valence electrons. The predicted molar refractivity (Wildman–Crippen MR) is 106 cm³/mol. The molecule has 0 aliphatic carbocycles. The van der Waals surface area contributed by atoms with Crippen molar-refractivity contribution in [2.75, 3.05) is 19.8 Å². The molecule has 0 spiro atoms. The molecule has 1 unspecified atom stereocenters. The zero-order valence-electron chi connectivity index (χ0n) is 16.5. The van der Waals surface area contributed by atoms with Crippen molar-refractivity contribution >= 4 is 23.6 Å². The van der Waals surface area contributed by atoms with E-state index in [1.807, 2.05) is 6.07 Å². The van der Waals surface area contributed by atoms with Crippen molar-refractivity contribution in [3.8, 4) is 11.8 Å². The highest BCUT2D eigenvalue weighted by molar-refractivity contribution is 6.05. The van der Waals surface area contributed by atoms with Crippen molar-refractivity contribution in [3.05, 3.63) is 34.9 Å². The van der Waals surface area contributed by atoms with Gasteiger partial charge in [0.15, 0.2) is 0 Å². The highest BCUT2D eigenvalue weighted by Crippen LogP contribution is 2.29. The van der Waals surface area contributed by atoms with Gasteiger partial charge in [-0.2, -0.15) is 0 Å². The second-order valence-electron chi connectivity index (χ2n) is 7.64. The minimum Gasteiger partial charge on any atom is -0.381 e. The topological polar surface area (TPSA) is 105 Å². The van der Waals surface area contributed by atoms with Crippen molar-refractivity contribution in [1.29, 1.82) is 0 Å². The Morgan fingerprint density at radius 3 is 2.77 bits per heavy atom. The number of ether oxygens (including phenoxy) is 1. The summed E-state index contributed by atoms with van der Waals surface area (Å²) in [7, 11) is 0. The molecule has 1 aromatic rings. The van der Waals surface area contributed by atoms with Gasteiger partial charge < -0.3 is 15.0 Å². The molecule has 8 heteroatoms. The highest BCUT2D eigenvalue weighted by Gasteiger charge is 2.39. The van der Waals surface area contributed by atoms with Gasteiger partial charge in [0, 0.05) is 43.2 Å². The molecule has 8 nitrogen and oxygen atoms in total. The maximum absolute atomic E-state index is 12.8. The lowest BCUT2D eigenvalue weighted by molar-refractivity contribution is -0.137. The minimum atomic E-state index is -0.651. The van der Waals surface area contributed by atoms with Gasteiger partial charge >= 0.3 is 0 Å². The molecular weight excluding hydrogens is 386 g/mol. The SMILES string of the molecule is O=C1CCC(N2Cc3c(C#CCNC(=O)C4CCOCC4)cccc3C2=O)C(=O)N1. The molecule has 0 saturated carbocycles. The van der Waals surface area contributed by atoms with Gasteiger partial charge in [0.2, 0.25) is 17.7 Å². The summed E-state index contributed by atoms with van der Waals surface area (Å²) in [6, 6.07) is 4.66. The van der Waals surface area contributed by atoms with E-state index in [-0.39, 0.29) is 43.1 Å². The Kier molecular flexibility index (Phi) is 5.81. The average molecular weight is 409 g/mol. The van der Waals surface area contributed by atoms with Crippen LogP contribution in [0, 0.1) is 17.8 Å². The van der Waals surface area contributed by atoms with Gasteiger partial charge in [-0.05, 0) is 37.0 Å². The number of benzene rings is 1. The lowest BCUT2D eigenvalue weighted by Gasteiger charge is -2.29. The summed E-state index contributed by atoms with van der Waals surface area (Å²) in [4.78, 5) is 50.1. The molecule has 3 heterocycles. The number of amides is 4. The molecule has 0 aromatic heterocycles. The van der Waals surface area contributed by atoms with Gasteiger partial charge in [-0.25, -0.2) is 0 Å². The van der Waals surface area contributed by atoms with Crippen molar-refractivity contribution in [2.45, 2.75) is 38.3 Å². The van der Waals surface area contributed by atoms with Crippen LogP contribution < -0.4 is 10.6 Å². The number of fused-ring (bicyclic) bond motifs is 1. The number of hydrogen-bond acceptors (Lipinski definition) is 5. The third kappa shape index (κ3) is 4.07. The quantitative estimate of drug-likeness (QED) is 0.553. The molecule has 1 aromatic carbocycles. The summed E-state index contributed by atoms with van der Waals surface area (Å²) in [5.74, 6) is 4.99. The Labute approximate surface area is 174 Å². The first kappa shape index (κ1) is 20.1. The number of nitrogens with one attached hydrogen (secondary N) is 2. The van der Waals surface area contributed by atoms with Gasteiger partial charge in [0.1, 0.15) is 6.04 Å². The van der Waals surface area contributed by atoms with Gasteiger partial charge in [-0.15, -0.1) is 0 Å². The minimum absolute atomic E-state index is 0.00917. The molecule has 4 rings (SSSR count). The molecule has 2 N–H and O–H groups in total. The summed E-state index contributed by atoms with van der Waals surface area (Å²) < 4.78 is 5.27. The fourth-order valence-corrected chi connectivity index (χ4v) is 4.08. The fourth-order valence-electron chi connectivity index (χ4n) is 4.08. The lowest BCUT2D eigenvalue weighted by atomic mass is 9.99. The van der Waals surface area contributed by atoms with Crippen molar-refractivity contribution in [1.82, 2.24) is 15.5 Å². The number of hydrogen-bond donors (Lipinski definition) is 2. The van der Waals surface area contributed by atoms with E-state index in [1.54, 1.807) is 12.1 Å². The van der Waals surface area contributed by atoms with Crippen LogP contribution in [0.2, 0.25) is 0 Å². The summed E-state index contributed by atoms with van der Waals surface area (Å²) >= 11 is 0. The maximum Gasteiger partial charge on any atom is 0.255 e. The molecule has 3 aliphatic heterocycles. The van der Waals surface area contributed by atoms with E-state index in [1.165, 1.54) is 4.90 Å². The Balaban J connectivity index is 1.42. The van der Waals surface area contributed by atoms with Crippen LogP contribution in [-0.2, 0) is 25.7 Å². The number of nitrogens with zero attached hydrogens (tertiary/aromatic N) is 1. The van der Waals surface area contributed by atoms with E-state index in [0.29, 0.717) is 30.8 Å². The molecule has 0 bridgehead atoms. The summed E-state index contributed by atoms with van der Waals surface area (Å²) in [5.41, 5.74) is 2.00. The number of imide groups is 1. The Morgan fingerprint density at radius 2 is 2.00 bits per heavy atom. The Hall–Kier alpha value is -3.18. The molecule has 4 amide bonds. The van der Waals surface area contributed by atoms with Gasteiger partial charge in [-0.3, -0.25) is 24.5 Å². The fraction of sp³-hybridized carbons (Fsp3) is 0.455. The van der Waals surface area contributed by atoms with Crippen molar-refractivity contribution < 1.29 is 23.9 Å². The smallest absolute Gasteiger partial charge is 0.255 e. The number of rotatable bonds is 3. The largest absolute Gasteiger partial charge is 0.381 e. The molecule has 1 atom stereocenters. The monoisotopic (exact) mass is 409 g/mol. The van der Waals surface area contributed by atoms with Crippen LogP contribution in [0.15, 0.2) is 18.2 Å². The first-order chi connectivity index (χ1) is 14.5. The number of carbonyl (C=O) groups excluding carboxylic acids is 4. The van der Waals surface area contributed by atoms with Crippen LogP contribution in [0.1, 0.15) is 47.2 Å². The average Bonchev–Trinajstić information content (AvgIpc) is 3.09. The molecule has 30 heavy (non-hydrogen) atoms. The second kappa shape index (κ2) is 8.67. The normalized spacial score (nSPS) is 21.5. The summed E-state index contributed by atoms with van der Waals surface area (Å²) in [5, 5.41) is 5.14. The van der Waals surface area contributed by atoms with Gasteiger partial charge in [0.25, 0.3) is 5.91 Å². The third-order valence-corrected chi connectivity index (χ3v) is 5.75. The van der Waals surface area contributed by atoms with Crippen LogP contribution >= 0.6 is 0 Å². The highest BCUT2D eigenvalue weighted by atomic mass is 16.5. The molecule has 2 saturated heterocycles. The lowest BCUT2D eigenvalue weighted by Crippen LogP contribution is -2.52. The van der Waals surface area contributed by atoms with Crippen molar-refractivity contribution in [2.24, 2.45) is 5.92 Å². The van der Waals surface area contributed by atoms with Crippen LogP contribution in [0.25, 0.3) is 0 Å². The maximum atomic E-state index is 12.8. The zero-order chi connectivity index (χ0) is 21.1. The molecule has 0 radical (unpaired) electrons. The van der Waals surface area contributed by atoms with Crippen LogP contribution in [0.5, 0.6) is 0 Å². The first-order valence-corrected chi connectivity index (χ1v) is 10.2. The molecule has 2 fully saturated rings. The van der Waals surface area contributed by atoms with Crippen LogP contribution in [0.4, 0.5) is 0 Å². The van der Waals surface area contributed by atoms with Gasteiger partial charge in [0.05, 0.1) is 6.54 Å². The standard InChI is InChI=1S/C22H23N3O5/c26-19-7-6-18(21(28)24-19)25-13-17-14(3-1-5-16(17)22(25)29)4-2-10-23-20(27)15-8-11-30-12-9-15/h1,3,5,15,18H,6-13H2,(H,23,27)(H,24,26,28). The Morgan fingerprint density at radius 1 is 1.20 bits per heavy atom. The van der Waals surface area contributed by atoms with E-state index in [4.69, 9.17) is 4.74 Å². The first-order valence-electron chi connectivity index (χ1n) is 10.2. The van der Waals surface area contributed by atoms with Crippen LogP contribution in [-0.4, -0.2) is 54.3 Å². The number of carbonyl (C=O) groups is 4.